The van der Waals surface area contributed by atoms with Crippen LogP contribution in [0.4, 0.5) is 0 Å². The Bertz CT molecular complexity index is 556. The fraction of sp³-hybridized carbons (Fsp3) is 0.250. The Balaban J connectivity index is 2.17. The van der Waals surface area contributed by atoms with Crippen LogP contribution in [-0.4, -0.2) is 9.55 Å². The van der Waals surface area contributed by atoms with E-state index in [0.29, 0.717) is 13.0 Å². The minimum Gasteiger partial charge on any atom is -0.331 e. The SMILES string of the molecule is N#CC(C#N)CCn1cnc2ccccc21. The molecule has 0 saturated heterocycles. The normalized spacial score (nSPS) is 10.2. The van der Waals surface area contributed by atoms with Crippen LogP contribution in [0, 0.1) is 28.6 Å². The lowest BCUT2D eigenvalue weighted by Crippen LogP contribution is -2.02. The zero-order valence-electron chi connectivity index (χ0n) is 8.67. The molecule has 0 aliphatic carbocycles. The highest BCUT2D eigenvalue weighted by molar-refractivity contribution is 5.74. The Labute approximate surface area is 93.4 Å². The summed E-state index contributed by atoms with van der Waals surface area (Å²) in [5, 5.41) is 17.3. The summed E-state index contributed by atoms with van der Waals surface area (Å²) in [6.07, 6.45) is 2.28. The number of hydrogen-bond acceptors (Lipinski definition) is 3. The molecule has 0 amide bonds. The van der Waals surface area contributed by atoms with Gasteiger partial charge in [0.05, 0.1) is 29.5 Å². The first-order valence-electron chi connectivity index (χ1n) is 5.04. The molecule has 0 radical (unpaired) electrons. The number of rotatable bonds is 3. The zero-order chi connectivity index (χ0) is 11.4. The van der Waals surface area contributed by atoms with Gasteiger partial charge in [0.15, 0.2) is 0 Å². The number of para-hydroxylation sites is 2. The van der Waals surface area contributed by atoms with Gasteiger partial charge < -0.3 is 4.57 Å². The fourth-order valence-corrected chi connectivity index (χ4v) is 1.61. The van der Waals surface area contributed by atoms with Crippen LogP contribution in [0.25, 0.3) is 11.0 Å². The highest BCUT2D eigenvalue weighted by Crippen LogP contribution is 2.13. The molecule has 0 saturated carbocycles. The molecule has 4 nitrogen and oxygen atoms in total. The quantitative estimate of drug-likeness (QED) is 0.779. The van der Waals surface area contributed by atoms with Crippen molar-refractivity contribution in [3.63, 3.8) is 0 Å². The Morgan fingerprint density at radius 2 is 2.00 bits per heavy atom. The average molecular weight is 210 g/mol. The van der Waals surface area contributed by atoms with Crippen LogP contribution in [0.3, 0.4) is 0 Å². The second-order valence-electron chi connectivity index (χ2n) is 3.53. The summed E-state index contributed by atoms with van der Waals surface area (Å²) in [7, 11) is 0. The number of nitrogens with zero attached hydrogens (tertiary/aromatic N) is 4. The monoisotopic (exact) mass is 210 g/mol. The van der Waals surface area contributed by atoms with Gasteiger partial charge in [0.25, 0.3) is 0 Å². The molecule has 16 heavy (non-hydrogen) atoms. The van der Waals surface area contributed by atoms with E-state index >= 15 is 0 Å². The van der Waals surface area contributed by atoms with Crippen LogP contribution in [0.5, 0.6) is 0 Å². The molecule has 1 aromatic heterocycles. The number of imidazole rings is 1. The largest absolute Gasteiger partial charge is 0.331 e. The maximum absolute atomic E-state index is 8.67. The summed E-state index contributed by atoms with van der Waals surface area (Å²) in [5.41, 5.74) is 1.98. The molecular weight excluding hydrogens is 200 g/mol. The van der Waals surface area contributed by atoms with Crippen LogP contribution < -0.4 is 0 Å². The summed E-state index contributed by atoms with van der Waals surface area (Å²) in [4.78, 5) is 4.25. The molecule has 1 heterocycles. The van der Waals surface area contributed by atoms with Crippen molar-refractivity contribution in [2.75, 3.05) is 0 Å². The lowest BCUT2D eigenvalue weighted by atomic mass is 10.1. The zero-order valence-corrected chi connectivity index (χ0v) is 8.67. The van der Waals surface area contributed by atoms with Crippen LogP contribution in [0.1, 0.15) is 6.42 Å². The summed E-state index contributed by atoms with van der Waals surface area (Å²) >= 11 is 0. The molecule has 4 heteroatoms. The third-order valence-electron chi connectivity index (χ3n) is 2.50. The van der Waals surface area contributed by atoms with E-state index < -0.39 is 5.92 Å². The molecule has 0 bridgehead atoms. The van der Waals surface area contributed by atoms with Crippen molar-refractivity contribution < 1.29 is 0 Å². The second-order valence-corrected chi connectivity index (χ2v) is 3.53. The van der Waals surface area contributed by atoms with Crippen molar-refractivity contribution in [2.24, 2.45) is 5.92 Å². The molecule has 78 valence electrons. The van der Waals surface area contributed by atoms with E-state index in [9.17, 15) is 0 Å². The fourth-order valence-electron chi connectivity index (χ4n) is 1.61. The van der Waals surface area contributed by atoms with Gasteiger partial charge >= 0.3 is 0 Å². The highest BCUT2D eigenvalue weighted by atomic mass is 15.0. The van der Waals surface area contributed by atoms with E-state index in [2.05, 4.69) is 4.98 Å². The Kier molecular flexibility index (Phi) is 2.84. The minimum absolute atomic E-state index is 0.535. The van der Waals surface area contributed by atoms with Gasteiger partial charge in [-0.2, -0.15) is 10.5 Å². The Morgan fingerprint density at radius 1 is 1.25 bits per heavy atom. The summed E-state index contributed by atoms with van der Waals surface area (Å²) in [6, 6.07) is 11.7. The lowest BCUT2D eigenvalue weighted by Gasteiger charge is -2.03. The van der Waals surface area contributed by atoms with Crippen molar-refractivity contribution >= 4 is 11.0 Å². The van der Waals surface area contributed by atoms with Crippen LogP contribution >= 0.6 is 0 Å². The summed E-state index contributed by atoms with van der Waals surface area (Å²) < 4.78 is 1.97. The van der Waals surface area contributed by atoms with Crippen LogP contribution in [-0.2, 0) is 6.54 Å². The number of benzene rings is 1. The summed E-state index contributed by atoms with van der Waals surface area (Å²) in [5.74, 6) is -0.541. The van der Waals surface area contributed by atoms with Gasteiger partial charge in [-0.25, -0.2) is 4.98 Å². The number of fused-ring (bicyclic) bond motifs is 1. The smallest absolute Gasteiger partial charge is 0.135 e. The lowest BCUT2D eigenvalue weighted by molar-refractivity contribution is 0.612. The molecule has 2 aromatic rings. The van der Waals surface area contributed by atoms with E-state index in [1.54, 1.807) is 6.33 Å². The van der Waals surface area contributed by atoms with Gasteiger partial charge in [0.1, 0.15) is 5.92 Å². The molecule has 0 aliphatic rings. The van der Waals surface area contributed by atoms with Gasteiger partial charge in [-0.1, -0.05) is 12.1 Å². The second kappa shape index (κ2) is 4.46. The van der Waals surface area contributed by atoms with Gasteiger partial charge in [0, 0.05) is 6.54 Å². The molecule has 0 unspecified atom stereocenters. The van der Waals surface area contributed by atoms with Crippen molar-refractivity contribution in [1.29, 1.82) is 10.5 Å². The maximum Gasteiger partial charge on any atom is 0.135 e. The van der Waals surface area contributed by atoms with Crippen molar-refractivity contribution in [1.82, 2.24) is 9.55 Å². The van der Waals surface area contributed by atoms with E-state index in [-0.39, 0.29) is 0 Å². The highest BCUT2D eigenvalue weighted by Gasteiger charge is 2.07. The predicted octanol–water partition coefficient (Wildman–Crippen LogP) is 2.09. The number of nitriles is 2. The molecule has 0 aliphatic heterocycles. The van der Waals surface area contributed by atoms with E-state index in [0.717, 1.165) is 11.0 Å². The van der Waals surface area contributed by atoms with Crippen LogP contribution in [0.2, 0.25) is 0 Å². The average Bonchev–Trinajstić information content (AvgIpc) is 2.74. The van der Waals surface area contributed by atoms with Crippen molar-refractivity contribution in [2.45, 2.75) is 13.0 Å². The Morgan fingerprint density at radius 3 is 2.75 bits per heavy atom. The molecule has 0 atom stereocenters. The molecule has 1 aromatic carbocycles. The first kappa shape index (κ1) is 10.2. The van der Waals surface area contributed by atoms with Crippen molar-refractivity contribution in [3.05, 3.63) is 30.6 Å². The molecule has 0 spiro atoms. The van der Waals surface area contributed by atoms with Gasteiger partial charge in [-0.05, 0) is 18.6 Å². The molecular formula is C12H10N4. The van der Waals surface area contributed by atoms with E-state index in [1.165, 1.54) is 0 Å². The molecule has 0 fully saturated rings. The first-order chi connectivity index (χ1) is 7.85. The molecule has 2 rings (SSSR count). The minimum atomic E-state index is -0.541. The standard InChI is InChI=1S/C12H10N4/c13-7-10(8-14)5-6-16-9-15-11-3-1-2-4-12(11)16/h1-4,9-10H,5-6H2. The predicted molar refractivity (Wildman–Crippen MR) is 59.1 cm³/mol. The topological polar surface area (TPSA) is 65.4 Å². The van der Waals surface area contributed by atoms with Crippen LogP contribution in [0.15, 0.2) is 30.6 Å². The van der Waals surface area contributed by atoms with Gasteiger partial charge in [0.2, 0.25) is 0 Å². The molecule has 0 N–H and O–H groups in total. The van der Waals surface area contributed by atoms with E-state index in [1.807, 2.05) is 41.0 Å². The van der Waals surface area contributed by atoms with Gasteiger partial charge in [-0.15, -0.1) is 0 Å². The number of aryl methyl sites for hydroxylation is 1. The van der Waals surface area contributed by atoms with Gasteiger partial charge in [-0.3, -0.25) is 0 Å². The summed E-state index contributed by atoms with van der Waals surface area (Å²) in [6.45, 7) is 0.645. The third kappa shape index (κ3) is 1.87. The third-order valence-corrected chi connectivity index (χ3v) is 2.50. The van der Waals surface area contributed by atoms with E-state index in [4.69, 9.17) is 10.5 Å². The first-order valence-corrected chi connectivity index (χ1v) is 5.04. The maximum atomic E-state index is 8.67. The number of aromatic nitrogens is 2. The number of hydrogen-bond donors (Lipinski definition) is 0. The Hall–Kier alpha value is -2.33. The van der Waals surface area contributed by atoms with Crippen molar-refractivity contribution in [3.8, 4) is 12.1 Å².